The Morgan fingerprint density at radius 2 is 1.74 bits per heavy atom. The largest absolute Gasteiger partial charge is 0.352 e. The van der Waals surface area contributed by atoms with Crippen molar-refractivity contribution in [3.63, 3.8) is 0 Å². The molecule has 0 aliphatic rings. The van der Waals surface area contributed by atoms with Crippen LogP contribution in [0.15, 0.2) is 48.5 Å². The molecule has 0 heterocycles. The molecule has 31 heavy (non-hydrogen) atoms. The number of halogens is 2. The molecule has 1 atom stereocenters. The molecule has 0 bridgehead atoms. The Bertz CT molecular complexity index is 862. The summed E-state index contributed by atoms with van der Waals surface area (Å²) in [4.78, 5) is 27.6. The Labute approximate surface area is 199 Å². The van der Waals surface area contributed by atoms with Gasteiger partial charge in [0.15, 0.2) is 0 Å². The van der Waals surface area contributed by atoms with Crippen LogP contribution in [0.5, 0.6) is 0 Å². The number of thioether (sulfide) groups is 1. The topological polar surface area (TPSA) is 49.4 Å². The van der Waals surface area contributed by atoms with E-state index in [1.165, 1.54) is 11.8 Å². The van der Waals surface area contributed by atoms with Crippen molar-refractivity contribution in [1.82, 2.24) is 10.2 Å². The van der Waals surface area contributed by atoms with E-state index >= 15 is 0 Å². The predicted molar refractivity (Wildman–Crippen MR) is 132 cm³/mol. The summed E-state index contributed by atoms with van der Waals surface area (Å²) in [6, 6.07) is 15.0. The van der Waals surface area contributed by atoms with Crippen molar-refractivity contribution in [1.29, 1.82) is 0 Å². The first kappa shape index (κ1) is 25.6. The van der Waals surface area contributed by atoms with Crippen LogP contribution in [-0.4, -0.2) is 41.1 Å². The van der Waals surface area contributed by atoms with Gasteiger partial charge in [0.25, 0.3) is 0 Å². The molecule has 0 spiro atoms. The van der Waals surface area contributed by atoms with Crippen LogP contribution in [0, 0.1) is 0 Å². The molecule has 7 heteroatoms. The zero-order valence-electron chi connectivity index (χ0n) is 18.2. The molecule has 168 valence electrons. The number of benzene rings is 2. The van der Waals surface area contributed by atoms with Crippen molar-refractivity contribution >= 4 is 46.8 Å². The minimum Gasteiger partial charge on any atom is -0.352 e. The Hall–Kier alpha value is -1.69. The molecule has 0 saturated carbocycles. The standard InChI is InChI=1S/C24H30Cl2N2O2S/c1-4-22(24(30)27-17(2)3)28(13-12-18-8-6-5-7-9-18)23(29)16-31-15-19-10-11-20(25)21(26)14-19/h5-11,14,17,22H,4,12-13,15-16H2,1-3H3,(H,27,30)/t22-/m1/s1. The van der Waals surface area contributed by atoms with Crippen LogP contribution >= 0.6 is 35.0 Å². The lowest BCUT2D eigenvalue weighted by atomic mass is 10.1. The van der Waals surface area contributed by atoms with Gasteiger partial charge < -0.3 is 10.2 Å². The van der Waals surface area contributed by atoms with Gasteiger partial charge >= 0.3 is 0 Å². The van der Waals surface area contributed by atoms with E-state index in [2.05, 4.69) is 5.32 Å². The van der Waals surface area contributed by atoms with E-state index in [0.29, 0.717) is 40.9 Å². The van der Waals surface area contributed by atoms with E-state index in [9.17, 15) is 9.59 Å². The molecule has 0 aliphatic carbocycles. The summed E-state index contributed by atoms with van der Waals surface area (Å²) in [6.07, 6.45) is 1.27. The summed E-state index contributed by atoms with van der Waals surface area (Å²) in [5, 5.41) is 3.97. The van der Waals surface area contributed by atoms with Gasteiger partial charge in [-0.15, -0.1) is 11.8 Å². The molecular weight excluding hydrogens is 451 g/mol. The quantitative estimate of drug-likeness (QED) is 0.455. The third kappa shape index (κ3) is 8.40. The van der Waals surface area contributed by atoms with Crippen LogP contribution < -0.4 is 5.32 Å². The van der Waals surface area contributed by atoms with Crippen molar-refractivity contribution in [2.24, 2.45) is 0 Å². The van der Waals surface area contributed by atoms with E-state index in [-0.39, 0.29) is 17.9 Å². The molecule has 1 N–H and O–H groups in total. The normalized spacial score (nSPS) is 11.9. The van der Waals surface area contributed by atoms with Gasteiger partial charge in [-0.2, -0.15) is 0 Å². The fourth-order valence-corrected chi connectivity index (χ4v) is 4.42. The first-order valence-corrected chi connectivity index (χ1v) is 12.4. The van der Waals surface area contributed by atoms with Crippen molar-refractivity contribution in [2.45, 2.75) is 51.4 Å². The molecule has 2 rings (SSSR count). The summed E-state index contributed by atoms with van der Waals surface area (Å²) in [6.45, 7) is 6.29. The van der Waals surface area contributed by atoms with Gasteiger partial charge in [-0.25, -0.2) is 0 Å². The minimum absolute atomic E-state index is 0.0247. The Morgan fingerprint density at radius 3 is 2.35 bits per heavy atom. The number of nitrogens with zero attached hydrogens (tertiary/aromatic N) is 1. The lowest BCUT2D eigenvalue weighted by Crippen LogP contribution is -2.51. The highest BCUT2D eigenvalue weighted by Crippen LogP contribution is 2.25. The second-order valence-corrected chi connectivity index (χ2v) is 9.45. The Morgan fingerprint density at radius 1 is 1.03 bits per heavy atom. The molecular formula is C24H30Cl2N2O2S. The lowest BCUT2D eigenvalue weighted by molar-refractivity contribution is -0.139. The van der Waals surface area contributed by atoms with Gasteiger partial charge in [0.05, 0.1) is 15.8 Å². The molecule has 2 aromatic carbocycles. The highest BCUT2D eigenvalue weighted by Gasteiger charge is 2.28. The zero-order valence-corrected chi connectivity index (χ0v) is 20.6. The Balaban J connectivity index is 2.06. The molecule has 4 nitrogen and oxygen atoms in total. The molecule has 0 saturated heterocycles. The maximum Gasteiger partial charge on any atom is 0.242 e. The van der Waals surface area contributed by atoms with Crippen molar-refractivity contribution in [3.05, 3.63) is 69.7 Å². The SMILES string of the molecule is CC[C@H](C(=O)NC(C)C)N(CCc1ccccc1)C(=O)CSCc1ccc(Cl)c(Cl)c1. The maximum absolute atomic E-state index is 13.1. The first-order valence-electron chi connectivity index (χ1n) is 10.5. The second kappa shape index (κ2) is 13.0. The number of carbonyl (C=O) groups is 2. The van der Waals surface area contributed by atoms with Gasteiger partial charge in [-0.3, -0.25) is 9.59 Å². The fourth-order valence-electron chi connectivity index (χ4n) is 3.25. The molecule has 2 amide bonds. The number of hydrogen-bond acceptors (Lipinski definition) is 3. The summed E-state index contributed by atoms with van der Waals surface area (Å²) in [5.74, 6) is 0.796. The van der Waals surface area contributed by atoms with Crippen LogP contribution in [-0.2, 0) is 21.8 Å². The summed E-state index contributed by atoms with van der Waals surface area (Å²) in [5.41, 5.74) is 2.15. The lowest BCUT2D eigenvalue weighted by Gasteiger charge is -2.31. The number of hydrogen-bond donors (Lipinski definition) is 1. The number of rotatable bonds is 11. The van der Waals surface area contributed by atoms with E-state index in [1.54, 1.807) is 11.0 Å². The highest BCUT2D eigenvalue weighted by molar-refractivity contribution is 7.99. The number of amides is 2. The van der Waals surface area contributed by atoms with Crippen LogP contribution in [0.4, 0.5) is 0 Å². The van der Waals surface area contributed by atoms with Gasteiger partial charge in [0.1, 0.15) is 6.04 Å². The van der Waals surface area contributed by atoms with Crippen LogP contribution in [0.3, 0.4) is 0 Å². The molecule has 0 aromatic heterocycles. The maximum atomic E-state index is 13.1. The molecule has 2 aromatic rings. The smallest absolute Gasteiger partial charge is 0.242 e. The number of carbonyl (C=O) groups excluding carboxylic acids is 2. The second-order valence-electron chi connectivity index (χ2n) is 7.65. The fraction of sp³-hybridized carbons (Fsp3) is 0.417. The Kier molecular flexibility index (Phi) is 10.7. The summed E-state index contributed by atoms with van der Waals surface area (Å²) in [7, 11) is 0. The van der Waals surface area contributed by atoms with E-state index < -0.39 is 6.04 Å². The monoisotopic (exact) mass is 480 g/mol. The van der Waals surface area contributed by atoms with E-state index in [0.717, 1.165) is 11.1 Å². The average Bonchev–Trinajstić information content (AvgIpc) is 2.73. The molecule has 0 fully saturated rings. The van der Waals surface area contributed by atoms with Gasteiger partial charge in [0.2, 0.25) is 11.8 Å². The van der Waals surface area contributed by atoms with Gasteiger partial charge in [-0.1, -0.05) is 66.5 Å². The third-order valence-corrected chi connectivity index (χ3v) is 6.51. The predicted octanol–water partition coefficient (Wildman–Crippen LogP) is 5.60. The molecule has 0 unspecified atom stereocenters. The van der Waals surface area contributed by atoms with Gasteiger partial charge in [0, 0.05) is 18.3 Å². The van der Waals surface area contributed by atoms with E-state index in [1.807, 2.05) is 63.2 Å². The van der Waals surface area contributed by atoms with Gasteiger partial charge in [-0.05, 0) is 49.9 Å². The van der Waals surface area contributed by atoms with Crippen LogP contribution in [0.25, 0.3) is 0 Å². The van der Waals surface area contributed by atoms with Crippen LogP contribution in [0.2, 0.25) is 10.0 Å². The van der Waals surface area contributed by atoms with Crippen molar-refractivity contribution < 1.29 is 9.59 Å². The highest BCUT2D eigenvalue weighted by atomic mass is 35.5. The summed E-state index contributed by atoms with van der Waals surface area (Å²) < 4.78 is 0. The molecule has 0 aliphatic heterocycles. The van der Waals surface area contributed by atoms with Crippen LogP contribution in [0.1, 0.15) is 38.3 Å². The number of nitrogens with one attached hydrogen (secondary N) is 1. The average molecular weight is 481 g/mol. The minimum atomic E-state index is -0.482. The van der Waals surface area contributed by atoms with E-state index in [4.69, 9.17) is 23.2 Å². The van der Waals surface area contributed by atoms with Crippen molar-refractivity contribution in [2.75, 3.05) is 12.3 Å². The zero-order chi connectivity index (χ0) is 22.8. The molecule has 0 radical (unpaired) electrons. The third-order valence-electron chi connectivity index (χ3n) is 4.78. The first-order chi connectivity index (χ1) is 14.8. The van der Waals surface area contributed by atoms with Crippen molar-refractivity contribution in [3.8, 4) is 0 Å². The summed E-state index contributed by atoms with van der Waals surface area (Å²) >= 11 is 13.6.